The smallest absolute Gasteiger partial charge is 0.0471 e. The average Bonchev–Trinajstić information content (AvgIpc) is 2.40. The van der Waals surface area contributed by atoms with Gasteiger partial charge in [0.2, 0.25) is 0 Å². The van der Waals surface area contributed by atoms with E-state index in [0.717, 1.165) is 19.6 Å². The minimum absolute atomic E-state index is 0.379. The zero-order chi connectivity index (χ0) is 13.0. The van der Waals surface area contributed by atoms with Crippen LogP contribution in [-0.2, 0) is 0 Å². The molecular formula is C15H25N3. The summed E-state index contributed by atoms with van der Waals surface area (Å²) in [5, 5.41) is 0. The molecule has 1 unspecified atom stereocenters. The van der Waals surface area contributed by atoms with Crippen LogP contribution in [0.3, 0.4) is 0 Å². The van der Waals surface area contributed by atoms with Crippen LogP contribution >= 0.6 is 0 Å². The van der Waals surface area contributed by atoms with E-state index in [0.29, 0.717) is 12.6 Å². The molecule has 100 valence electrons. The molecule has 0 spiro atoms. The Balaban J connectivity index is 2.05. The summed E-state index contributed by atoms with van der Waals surface area (Å²) in [5.74, 6) is 0. The molecule has 0 saturated carbocycles. The lowest BCUT2D eigenvalue weighted by molar-refractivity contribution is 0.102. The van der Waals surface area contributed by atoms with Crippen LogP contribution in [0.2, 0.25) is 0 Å². The summed E-state index contributed by atoms with van der Waals surface area (Å²) < 4.78 is 0. The maximum atomic E-state index is 6.00. The van der Waals surface area contributed by atoms with Gasteiger partial charge in [-0.05, 0) is 19.0 Å². The normalized spacial score (nSPS) is 19.9. The van der Waals surface area contributed by atoms with Crippen molar-refractivity contribution in [3.63, 3.8) is 0 Å². The lowest BCUT2D eigenvalue weighted by Crippen LogP contribution is -2.48. The number of rotatable bonds is 4. The summed E-state index contributed by atoms with van der Waals surface area (Å²) in [5.41, 5.74) is 8.68. The van der Waals surface area contributed by atoms with Crippen molar-refractivity contribution < 1.29 is 0 Å². The molecule has 0 radical (unpaired) electrons. The van der Waals surface area contributed by atoms with Crippen LogP contribution in [0.25, 0.3) is 0 Å². The van der Waals surface area contributed by atoms with E-state index in [-0.39, 0.29) is 0 Å². The van der Waals surface area contributed by atoms with Gasteiger partial charge in [-0.1, -0.05) is 36.8 Å². The van der Waals surface area contributed by atoms with Crippen LogP contribution in [0.15, 0.2) is 24.3 Å². The molecule has 2 N–H and O–H groups in total. The molecule has 0 aliphatic carbocycles. The Morgan fingerprint density at radius 1 is 1.22 bits per heavy atom. The zero-order valence-electron chi connectivity index (χ0n) is 11.6. The van der Waals surface area contributed by atoms with E-state index in [4.69, 9.17) is 5.73 Å². The Morgan fingerprint density at radius 3 is 2.50 bits per heavy atom. The van der Waals surface area contributed by atoms with Gasteiger partial charge in [-0.2, -0.15) is 0 Å². The van der Waals surface area contributed by atoms with Crippen molar-refractivity contribution in [2.75, 3.05) is 39.3 Å². The fourth-order valence-electron chi connectivity index (χ4n) is 2.76. The van der Waals surface area contributed by atoms with Crippen molar-refractivity contribution in [1.29, 1.82) is 0 Å². The third kappa shape index (κ3) is 3.10. The van der Waals surface area contributed by atoms with Crippen LogP contribution in [0.5, 0.6) is 0 Å². The molecule has 2 rings (SSSR count). The van der Waals surface area contributed by atoms with E-state index >= 15 is 0 Å². The van der Waals surface area contributed by atoms with Crippen LogP contribution in [-0.4, -0.2) is 49.1 Å². The molecule has 0 amide bonds. The molecule has 0 bridgehead atoms. The number of piperazine rings is 1. The molecule has 1 fully saturated rings. The average molecular weight is 247 g/mol. The molecule has 1 aromatic rings. The molecule has 1 aliphatic rings. The van der Waals surface area contributed by atoms with Crippen molar-refractivity contribution in [1.82, 2.24) is 9.80 Å². The number of nitrogens with zero attached hydrogens (tertiary/aromatic N) is 2. The summed E-state index contributed by atoms with van der Waals surface area (Å²) in [6.07, 6.45) is 0. The van der Waals surface area contributed by atoms with Gasteiger partial charge in [-0.3, -0.25) is 4.90 Å². The highest BCUT2D eigenvalue weighted by molar-refractivity contribution is 5.25. The first-order valence-electron chi connectivity index (χ1n) is 6.97. The Hall–Kier alpha value is -0.900. The van der Waals surface area contributed by atoms with Crippen LogP contribution < -0.4 is 5.73 Å². The van der Waals surface area contributed by atoms with Crippen molar-refractivity contribution in [3.8, 4) is 0 Å². The predicted molar refractivity (Wildman–Crippen MR) is 76.7 cm³/mol. The van der Waals surface area contributed by atoms with Crippen molar-refractivity contribution in [2.45, 2.75) is 19.9 Å². The van der Waals surface area contributed by atoms with E-state index in [2.05, 4.69) is 47.9 Å². The number of likely N-dealkylation sites (N-methyl/N-ethyl adjacent to an activating group) is 1. The second-order valence-corrected chi connectivity index (χ2v) is 5.14. The molecule has 1 aromatic carbocycles. The van der Waals surface area contributed by atoms with Crippen LogP contribution in [0, 0.1) is 6.92 Å². The molecular weight excluding hydrogens is 222 g/mol. The van der Waals surface area contributed by atoms with Gasteiger partial charge in [-0.25, -0.2) is 0 Å². The molecule has 1 heterocycles. The Kier molecular flexibility index (Phi) is 4.75. The first-order valence-corrected chi connectivity index (χ1v) is 6.97. The summed E-state index contributed by atoms with van der Waals surface area (Å²) in [6, 6.07) is 9.13. The van der Waals surface area contributed by atoms with E-state index in [1.807, 2.05) is 0 Å². The monoisotopic (exact) mass is 247 g/mol. The maximum absolute atomic E-state index is 6.00. The maximum Gasteiger partial charge on any atom is 0.0471 e. The van der Waals surface area contributed by atoms with Crippen molar-refractivity contribution in [3.05, 3.63) is 35.4 Å². The molecule has 1 atom stereocenters. The fourth-order valence-corrected chi connectivity index (χ4v) is 2.76. The lowest BCUT2D eigenvalue weighted by Gasteiger charge is -2.38. The number of aryl methyl sites for hydroxylation is 1. The first kappa shape index (κ1) is 13.5. The summed E-state index contributed by atoms with van der Waals surface area (Å²) in [4.78, 5) is 5.03. The van der Waals surface area contributed by atoms with Gasteiger partial charge in [0, 0.05) is 38.8 Å². The second kappa shape index (κ2) is 6.32. The van der Waals surface area contributed by atoms with Crippen molar-refractivity contribution in [2.24, 2.45) is 5.73 Å². The third-order valence-electron chi connectivity index (χ3n) is 3.95. The Bertz CT molecular complexity index is 370. The molecule has 0 aromatic heterocycles. The van der Waals surface area contributed by atoms with Crippen LogP contribution in [0.4, 0.5) is 0 Å². The highest BCUT2D eigenvalue weighted by Crippen LogP contribution is 2.21. The van der Waals surface area contributed by atoms with Gasteiger partial charge in [0.25, 0.3) is 0 Å². The van der Waals surface area contributed by atoms with E-state index < -0.39 is 0 Å². The van der Waals surface area contributed by atoms with E-state index in [1.165, 1.54) is 24.2 Å². The van der Waals surface area contributed by atoms with E-state index in [9.17, 15) is 0 Å². The van der Waals surface area contributed by atoms with Crippen LogP contribution in [0.1, 0.15) is 24.1 Å². The SMILES string of the molecule is CCN1CCN(C(CN)c2cccc(C)c2)CC1. The van der Waals surface area contributed by atoms with Gasteiger partial charge in [-0.15, -0.1) is 0 Å². The topological polar surface area (TPSA) is 32.5 Å². The highest BCUT2D eigenvalue weighted by Gasteiger charge is 2.23. The summed E-state index contributed by atoms with van der Waals surface area (Å²) >= 11 is 0. The van der Waals surface area contributed by atoms with Gasteiger partial charge < -0.3 is 10.6 Å². The largest absolute Gasteiger partial charge is 0.329 e. The van der Waals surface area contributed by atoms with Crippen molar-refractivity contribution >= 4 is 0 Å². The van der Waals surface area contributed by atoms with Gasteiger partial charge in [0.05, 0.1) is 0 Å². The molecule has 3 heteroatoms. The van der Waals surface area contributed by atoms with Gasteiger partial charge in [0.1, 0.15) is 0 Å². The molecule has 18 heavy (non-hydrogen) atoms. The zero-order valence-corrected chi connectivity index (χ0v) is 11.6. The minimum Gasteiger partial charge on any atom is -0.329 e. The highest BCUT2D eigenvalue weighted by atomic mass is 15.3. The second-order valence-electron chi connectivity index (χ2n) is 5.14. The molecule has 1 saturated heterocycles. The predicted octanol–water partition coefficient (Wildman–Crippen LogP) is 1.63. The number of hydrogen-bond acceptors (Lipinski definition) is 3. The molecule has 1 aliphatic heterocycles. The van der Waals surface area contributed by atoms with Gasteiger partial charge in [0.15, 0.2) is 0 Å². The first-order chi connectivity index (χ1) is 8.74. The fraction of sp³-hybridized carbons (Fsp3) is 0.600. The lowest BCUT2D eigenvalue weighted by atomic mass is 10.0. The number of benzene rings is 1. The third-order valence-corrected chi connectivity index (χ3v) is 3.95. The van der Waals surface area contributed by atoms with E-state index in [1.54, 1.807) is 0 Å². The Labute approximate surface area is 111 Å². The summed E-state index contributed by atoms with van der Waals surface area (Å²) in [7, 11) is 0. The number of hydrogen-bond donors (Lipinski definition) is 1. The molecule has 3 nitrogen and oxygen atoms in total. The minimum atomic E-state index is 0.379. The Morgan fingerprint density at radius 2 is 1.94 bits per heavy atom. The summed E-state index contributed by atoms with van der Waals surface area (Å²) in [6.45, 7) is 10.8. The standard InChI is InChI=1S/C15H25N3/c1-3-17-7-9-18(10-8-17)15(12-16)14-6-4-5-13(2)11-14/h4-6,11,15H,3,7-10,12,16H2,1-2H3. The quantitative estimate of drug-likeness (QED) is 0.878. The van der Waals surface area contributed by atoms with Gasteiger partial charge >= 0.3 is 0 Å². The number of nitrogens with two attached hydrogens (primary N) is 1.